The molecule has 3 rings (SSSR count). The molecule has 0 aliphatic carbocycles. The van der Waals surface area contributed by atoms with E-state index in [1.807, 2.05) is 20.8 Å². The molecule has 1 aromatic heterocycles. The van der Waals surface area contributed by atoms with Gasteiger partial charge in [-0.15, -0.1) is 10.2 Å². The van der Waals surface area contributed by atoms with Crippen LogP contribution in [0.1, 0.15) is 49.3 Å². The molecule has 0 fully saturated rings. The molecular formula is C25H25Cl2F3N4O6S. The number of halogens is 5. The van der Waals surface area contributed by atoms with Gasteiger partial charge in [0.25, 0.3) is 5.56 Å². The number of nitrogen functional groups attached to an aromatic ring is 1. The molecule has 0 aliphatic heterocycles. The minimum Gasteiger partial charge on any atom is -0.479 e. The number of esters is 1. The van der Waals surface area contributed by atoms with E-state index >= 15 is 0 Å². The lowest BCUT2D eigenvalue weighted by Gasteiger charge is -2.16. The predicted molar refractivity (Wildman–Crippen MR) is 147 cm³/mol. The van der Waals surface area contributed by atoms with Gasteiger partial charge in [0.2, 0.25) is 5.16 Å². The van der Waals surface area contributed by atoms with Gasteiger partial charge in [0.15, 0.2) is 6.10 Å². The molecule has 1 heterocycles. The number of hydrogen-bond acceptors (Lipinski definition) is 9. The summed E-state index contributed by atoms with van der Waals surface area (Å²) in [5.74, 6) is 3.19. The monoisotopic (exact) mass is 636 g/mol. The van der Waals surface area contributed by atoms with Crippen LogP contribution in [0.3, 0.4) is 0 Å². The second kappa shape index (κ2) is 13.4. The number of aromatic nitrogens is 3. The molecule has 41 heavy (non-hydrogen) atoms. The van der Waals surface area contributed by atoms with Crippen molar-refractivity contribution in [3.8, 4) is 11.5 Å². The van der Waals surface area contributed by atoms with Gasteiger partial charge >= 0.3 is 18.1 Å². The van der Waals surface area contributed by atoms with Gasteiger partial charge in [-0.2, -0.15) is 17.8 Å². The Kier molecular flexibility index (Phi) is 11.1. The first-order chi connectivity index (χ1) is 18.9. The summed E-state index contributed by atoms with van der Waals surface area (Å²) in [6.45, 7) is 6.86. The molecule has 222 valence electrons. The van der Waals surface area contributed by atoms with E-state index in [1.54, 1.807) is 6.26 Å². The number of carboxylic acid groups (broad SMARTS) is 1. The molecule has 2 aromatic carbocycles. The lowest BCUT2D eigenvalue weighted by molar-refractivity contribution is -0.146. The summed E-state index contributed by atoms with van der Waals surface area (Å²) in [7, 11) is 0. The van der Waals surface area contributed by atoms with E-state index in [1.165, 1.54) is 23.9 Å². The Morgan fingerprint density at radius 1 is 1.07 bits per heavy atom. The zero-order chi connectivity index (χ0) is 31.3. The second-order valence-corrected chi connectivity index (χ2v) is 10.8. The minimum absolute atomic E-state index is 0.0246. The van der Waals surface area contributed by atoms with Crippen LogP contribution in [0.4, 0.5) is 13.2 Å². The zero-order valence-electron chi connectivity index (χ0n) is 22.2. The number of aliphatic carboxylic acids is 1. The lowest BCUT2D eigenvalue weighted by Crippen LogP contribution is -2.37. The van der Waals surface area contributed by atoms with Crippen molar-refractivity contribution in [3.05, 3.63) is 73.6 Å². The maximum absolute atomic E-state index is 12.7. The molecule has 1 atom stereocenters. The molecule has 0 saturated heterocycles. The Labute approximate surface area is 246 Å². The zero-order valence-corrected chi connectivity index (χ0v) is 24.6. The van der Waals surface area contributed by atoms with Crippen molar-refractivity contribution in [3.63, 3.8) is 0 Å². The quantitative estimate of drug-likeness (QED) is 0.193. The second-order valence-electron chi connectivity index (χ2n) is 9.23. The largest absolute Gasteiger partial charge is 0.479 e. The van der Waals surface area contributed by atoms with Gasteiger partial charge in [-0.3, -0.25) is 4.79 Å². The van der Waals surface area contributed by atoms with Crippen LogP contribution in [0.15, 0.2) is 46.3 Å². The number of hydrogen-bond donors (Lipinski definition) is 2. The normalized spacial score (nSPS) is 12.1. The molecule has 0 saturated carbocycles. The molecule has 0 bridgehead atoms. The fourth-order valence-corrected chi connectivity index (χ4v) is 3.70. The van der Waals surface area contributed by atoms with Crippen LogP contribution in [0.5, 0.6) is 11.5 Å². The Morgan fingerprint density at radius 2 is 1.71 bits per heavy atom. The van der Waals surface area contributed by atoms with E-state index in [0.29, 0.717) is 16.9 Å². The van der Waals surface area contributed by atoms with Crippen LogP contribution in [-0.2, 0) is 21.1 Å². The highest BCUT2D eigenvalue weighted by atomic mass is 35.5. The van der Waals surface area contributed by atoms with Crippen molar-refractivity contribution in [1.82, 2.24) is 14.9 Å². The molecular weight excluding hydrogens is 612 g/mol. The summed E-state index contributed by atoms with van der Waals surface area (Å²) in [4.78, 5) is 34.5. The first kappa shape index (κ1) is 33.7. The SMILES string of the molecule is CSc1nnc(C(C)(C)C)c(=O)n1N.C[C@H](OC(=O)c1cc(Oc2ccc(C(F)(F)F)cc2Cl)ccc1Cl)C(=O)O. The summed E-state index contributed by atoms with van der Waals surface area (Å²) in [6, 6.07) is 6.33. The van der Waals surface area contributed by atoms with Crippen LogP contribution in [0.25, 0.3) is 0 Å². The van der Waals surface area contributed by atoms with Crippen molar-refractivity contribution < 1.29 is 37.3 Å². The Balaban J connectivity index is 0.000000353. The number of carboxylic acids is 1. The Morgan fingerprint density at radius 3 is 2.22 bits per heavy atom. The van der Waals surface area contributed by atoms with Crippen LogP contribution in [0.2, 0.25) is 10.0 Å². The van der Waals surface area contributed by atoms with Crippen LogP contribution in [0, 0.1) is 0 Å². The third-order valence-electron chi connectivity index (χ3n) is 5.03. The highest BCUT2D eigenvalue weighted by Gasteiger charge is 2.31. The standard InChI is InChI=1S/C17H11Cl2F3O5.C8H14N4OS/c1-8(15(23)24)26-16(25)11-7-10(3-4-12(11)18)27-14-5-2-9(6-13(14)19)17(20,21)22;1-8(2,3)5-6(13)12(9)7(14-4)11-10-5/h2-8H,1H3,(H,23,24);9H2,1-4H3/t8-;/m0./s1. The maximum atomic E-state index is 12.7. The van der Waals surface area contributed by atoms with E-state index < -0.39 is 29.8 Å². The summed E-state index contributed by atoms with van der Waals surface area (Å²) in [5.41, 5.74) is -1.34. The molecule has 0 unspecified atom stereocenters. The van der Waals surface area contributed by atoms with E-state index in [9.17, 15) is 27.6 Å². The number of benzene rings is 2. The van der Waals surface area contributed by atoms with Gasteiger partial charge in [-0.25, -0.2) is 9.59 Å². The molecule has 10 nitrogen and oxygen atoms in total. The van der Waals surface area contributed by atoms with Gasteiger partial charge in [-0.1, -0.05) is 55.7 Å². The molecule has 0 radical (unpaired) electrons. The molecule has 0 aliphatic rings. The summed E-state index contributed by atoms with van der Waals surface area (Å²) >= 11 is 13.0. The number of carbonyl (C=O) groups excluding carboxylic acids is 1. The van der Waals surface area contributed by atoms with Crippen LogP contribution < -0.4 is 16.1 Å². The van der Waals surface area contributed by atoms with E-state index in [4.69, 9.17) is 43.6 Å². The third kappa shape index (κ3) is 9.00. The van der Waals surface area contributed by atoms with Crippen LogP contribution >= 0.6 is 35.0 Å². The van der Waals surface area contributed by atoms with Crippen molar-refractivity contribution in [1.29, 1.82) is 0 Å². The number of nitrogens with zero attached hydrogens (tertiary/aromatic N) is 3. The number of thioether (sulfide) groups is 1. The topological polar surface area (TPSA) is 147 Å². The fourth-order valence-electron chi connectivity index (χ4n) is 2.88. The molecule has 0 amide bonds. The highest BCUT2D eigenvalue weighted by molar-refractivity contribution is 7.98. The van der Waals surface area contributed by atoms with E-state index in [2.05, 4.69) is 10.2 Å². The summed E-state index contributed by atoms with van der Waals surface area (Å²) in [5, 5.41) is 16.7. The average molecular weight is 637 g/mol. The summed E-state index contributed by atoms with van der Waals surface area (Å²) in [6.07, 6.45) is -4.16. The number of ether oxygens (including phenoxy) is 2. The molecule has 0 spiro atoms. The number of rotatable bonds is 6. The van der Waals surface area contributed by atoms with Crippen molar-refractivity contribution in [2.45, 2.75) is 50.5 Å². The molecule has 3 N–H and O–H groups in total. The van der Waals surface area contributed by atoms with E-state index in [0.717, 1.165) is 29.8 Å². The smallest absolute Gasteiger partial charge is 0.416 e. The van der Waals surface area contributed by atoms with Gasteiger partial charge in [0.1, 0.15) is 17.2 Å². The molecule has 16 heteroatoms. The minimum atomic E-state index is -4.56. The Bertz CT molecular complexity index is 1500. The van der Waals surface area contributed by atoms with Gasteiger partial charge < -0.3 is 20.4 Å². The predicted octanol–water partition coefficient (Wildman–Crippen LogP) is 5.81. The van der Waals surface area contributed by atoms with Gasteiger partial charge in [-0.05, 0) is 49.6 Å². The van der Waals surface area contributed by atoms with Crippen molar-refractivity contribution in [2.24, 2.45) is 0 Å². The van der Waals surface area contributed by atoms with Crippen molar-refractivity contribution in [2.75, 3.05) is 12.1 Å². The maximum Gasteiger partial charge on any atom is 0.416 e. The number of carbonyl (C=O) groups is 2. The first-order valence-electron chi connectivity index (χ1n) is 11.4. The van der Waals surface area contributed by atoms with Gasteiger partial charge in [0.05, 0.1) is 21.2 Å². The van der Waals surface area contributed by atoms with Crippen LogP contribution in [-0.4, -0.2) is 44.3 Å². The number of nitrogens with two attached hydrogens (primary N) is 1. The van der Waals surface area contributed by atoms with Crippen molar-refractivity contribution >= 4 is 46.9 Å². The lowest BCUT2D eigenvalue weighted by atomic mass is 9.93. The fraction of sp³-hybridized carbons (Fsp3) is 0.320. The Hall–Kier alpha value is -3.49. The number of alkyl halides is 3. The highest BCUT2D eigenvalue weighted by Crippen LogP contribution is 2.37. The first-order valence-corrected chi connectivity index (χ1v) is 13.4. The van der Waals surface area contributed by atoms with Gasteiger partial charge in [0, 0.05) is 5.41 Å². The molecule has 3 aromatic rings. The average Bonchev–Trinajstić information content (AvgIpc) is 2.86. The van der Waals surface area contributed by atoms with E-state index in [-0.39, 0.29) is 38.1 Å². The third-order valence-corrected chi connectivity index (χ3v) is 6.30. The summed E-state index contributed by atoms with van der Waals surface area (Å²) < 4.78 is 49.2.